The summed E-state index contributed by atoms with van der Waals surface area (Å²) < 4.78 is 23.2. The van der Waals surface area contributed by atoms with Crippen LogP contribution in [0.3, 0.4) is 0 Å². The number of anilines is 3. The third kappa shape index (κ3) is 5.40. The molecule has 1 aliphatic rings. The van der Waals surface area contributed by atoms with E-state index in [4.69, 9.17) is 0 Å². The summed E-state index contributed by atoms with van der Waals surface area (Å²) in [5, 5.41) is 5.40. The van der Waals surface area contributed by atoms with Gasteiger partial charge < -0.3 is 15.1 Å². The first-order valence-corrected chi connectivity index (χ1v) is 13.2. The summed E-state index contributed by atoms with van der Waals surface area (Å²) >= 11 is 1.32. The molecule has 172 valence electrons. The van der Waals surface area contributed by atoms with Gasteiger partial charge in [-0.2, -0.15) is 0 Å². The third-order valence-corrected chi connectivity index (χ3v) is 7.35. The number of benzene rings is 2. The maximum atomic E-state index is 12.9. The molecule has 8 nitrogen and oxygen atoms in total. The zero-order chi connectivity index (χ0) is 23.6. The lowest BCUT2D eigenvalue weighted by Crippen LogP contribution is -2.48. The van der Waals surface area contributed by atoms with Crippen LogP contribution >= 0.6 is 11.3 Å². The van der Waals surface area contributed by atoms with Crippen LogP contribution < -0.4 is 10.2 Å². The lowest BCUT2D eigenvalue weighted by Gasteiger charge is -2.35. The monoisotopic (exact) mass is 484 g/mol. The van der Waals surface area contributed by atoms with Crippen LogP contribution in [0.2, 0.25) is 0 Å². The molecule has 0 unspecified atom stereocenters. The predicted octanol–water partition coefficient (Wildman–Crippen LogP) is 3.46. The normalized spacial score (nSPS) is 14.2. The highest BCUT2D eigenvalue weighted by atomic mass is 32.2. The Morgan fingerprint density at radius 3 is 2.18 bits per heavy atom. The molecule has 4 rings (SSSR count). The zero-order valence-electron chi connectivity index (χ0n) is 18.3. The Labute approximate surface area is 196 Å². The molecular formula is C23H24N4O4S2. The van der Waals surface area contributed by atoms with Crippen molar-refractivity contribution < 1.29 is 18.0 Å². The molecule has 3 aromatic rings. The number of carbonyl (C=O) groups is 2. The molecule has 2 heterocycles. The number of ketones is 1. The van der Waals surface area contributed by atoms with E-state index in [1.165, 1.54) is 23.5 Å². The van der Waals surface area contributed by atoms with Gasteiger partial charge in [0.05, 0.1) is 4.90 Å². The van der Waals surface area contributed by atoms with Crippen LogP contribution in [0.4, 0.5) is 16.5 Å². The molecule has 0 atom stereocenters. The molecule has 33 heavy (non-hydrogen) atoms. The van der Waals surface area contributed by atoms with E-state index >= 15 is 0 Å². The van der Waals surface area contributed by atoms with Gasteiger partial charge in [0.2, 0.25) is 0 Å². The minimum Gasteiger partial charge on any atom is -0.368 e. The van der Waals surface area contributed by atoms with Crippen LogP contribution in [-0.4, -0.2) is 62.4 Å². The maximum Gasteiger partial charge on any atom is 0.273 e. The number of aromatic nitrogens is 1. The van der Waals surface area contributed by atoms with E-state index < -0.39 is 9.84 Å². The van der Waals surface area contributed by atoms with Crippen LogP contribution in [-0.2, 0) is 9.84 Å². The molecule has 0 radical (unpaired) electrons. The highest BCUT2D eigenvalue weighted by Gasteiger charge is 2.24. The molecule has 1 fully saturated rings. The van der Waals surface area contributed by atoms with E-state index in [1.54, 1.807) is 29.3 Å². The summed E-state index contributed by atoms with van der Waals surface area (Å²) in [5.41, 5.74) is 2.80. The van der Waals surface area contributed by atoms with E-state index in [9.17, 15) is 18.0 Å². The molecule has 2 aromatic carbocycles. The Hall–Kier alpha value is -3.24. The van der Waals surface area contributed by atoms with E-state index in [1.807, 2.05) is 24.3 Å². The van der Waals surface area contributed by atoms with Crippen LogP contribution in [0, 0.1) is 0 Å². The van der Waals surface area contributed by atoms with Crippen molar-refractivity contribution in [2.24, 2.45) is 0 Å². The fraction of sp³-hybridized carbons (Fsp3) is 0.261. The molecule has 1 amide bonds. The molecule has 1 aliphatic heterocycles. The third-order valence-electron chi connectivity index (χ3n) is 5.46. The van der Waals surface area contributed by atoms with Gasteiger partial charge >= 0.3 is 0 Å². The number of carbonyl (C=O) groups excluding carboxylic acids is 2. The van der Waals surface area contributed by atoms with Crippen LogP contribution in [0.1, 0.15) is 27.8 Å². The number of thiazole rings is 1. The first-order valence-electron chi connectivity index (χ1n) is 10.4. The number of sulfone groups is 1. The standard InChI is InChI=1S/C23H24N4O4S2/c1-16(28)17-3-7-19(8-4-17)26-11-13-27(14-12-26)22(29)21-15-32-23(25-21)24-18-5-9-20(10-6-18)33(2,30)31/h3-10,15H,11-14H2,1-2H3,(H,24,25). The number of rotatable bonds is 6. The van der Waals surface area contributed by atoms with Gasteiger partial charge in [0.15, 0.2) is 20.8 Å². The largest absolute Gasteiger partial charge is 0.368 e. The highest BCUT2D eigenvalue weighted by Crippen LogP contribution is 2.24. The molecular weight excluding hydrogens is 460 g/mol. The Kier molecular flexibility index (Phi) is 6.48. The van der Waals surface area contributed by atoms with Gasteiger partial charge in [-0.1, -0.05) is 0 Å². The number of Topliss-reactive ketones (excluding diaryl/α,β-unsaturated/α-hetero) is 1. The van der Waals surface area contributed by atoms with E-state index in [0.29, 0.717) is 48.3 Å². The summed E-state index contributed by atoms with van der Waals surface area (Å²) in [7, 11) is -3.25. The Balaban J connectivity index is 1.34. The fourth-order valence-electron chi connectivity index (χ4n) is 3.58. The van der Waals surface area contributed by atoms with Crippen LogP contribution in [0.15, 0.2) is 58.8 Å². The topological polar surface area (TPSA) is 99.7 Å². The van der Waals surface area contributed by atoms with E-state index in [2.05, 4.69) is 15.2 Å². The van der Waals surface area contributed by atoms with Crippen molar-refractivity contribution in [3.63, 3.8) is 0 Å². The van der Waals surface area contributed by atoms with Crippen molar-refractivity contribution in [3.8, 4) is 0 Å². The Bertz CT molecular complexity index is 1260. The Morgan fingerprint density at radius 1 is 0.970 bits per heavy atom. The van der Waals surface area contributed by atoms with Crippen molar-refractivity contribution in [1.82, 2.24) is 9.88 Å². The molecule has 1 saturated heterocycles. The highest BCUT2D eigenvalue weighted by molar-refractivity contribution is 7.90. The van der Waals surface area contributed by atoms with Crippen LogP contribution in [0.25, 0.3) is 0 Å². The number of nitrogens with zero attached hydrogens (tertiary/aromatic N) is 3. The Morgan fingerprint density at radius 2 is 1.61 bits per heavy atom. The van der Waals surface area contributed by atoms with Crippen molar-refractivity contribution in [2.75, 3.05) is 42.7 Å². The fourth-order valence-corrected chi connectivity index (χ4v) is 4.91. The number of piperazine rings is 1. The molecule has 1 N–H and O–H groups in total. The summed E-state index contributed by atoms with van der Waals surface area (Å²) in [6.07, 6.45) is 1.16. The first kappa shape index (κ1) is 22.9. The second-order valence-corrected chi connectivity index (χ2v) is 10.7. The average molecular weight is 485 g/mol. The van der Waals surface area contributed by atoms with Crippen molar-refractivity contribution >= 4 is 49.4 Å². The molecule has 1 aromatic heterocycles. The van der Waals surface area contributed by atoms with Gasteiger partial charge in [0.1, 0.15) is 5.69 Å². The smallest absolute Gasteiger partial charge is 0.273 e. The molecule has 0 saturated carbocycles. The summed E-state index contributed by atoms with van der Waals surface area (Å²) in [6, 6.07) is 13.9. The van der Waals surface area contributed by atoms with Crippen LogP contribution in [0.5, 0.6) is 0 Å². The van der Waals surface area contributed by atoms with E-state index in [0.717, 1.165) is 11.9 Å². The van der Waals surface area contributed by atoms with Gasteiger partial charge in [-0.05, 0) is 55.5 Å². The van der Waals surface area contributed by atoms with Gasteiger partial charge in [-0.3, -0.25) is 9.59 Å². The maximum absolute atomic E-state index is 12.9. The van der Waals surface area contributed by atoms with Gasteiger partial charge in [0.25, 0.3) is 5.91 Å². The second kappa shape index (κ2) is 9.32. The average Bonchev–Trinajstić information content (AvgIpc) is 3.27. The number of hydrogen-bond donors (Lipinski definition) is 1. The summed E-state index contributed by atoms with van der Waals surface area (Å²) in [6.45, 7) is 4.12. The van der Waals surface area contributed by atoms with Gasteiger partial charge in [-0.25, -0.2) is 13.4 Å². The van der Waals surface area contributed by atoms with Crippen molar-refractivity contribution in [1.29, 1.82) is 0 Å². The quantitative estimate of drug-likeness (QED) is 0.535. The first-order chi connectivity index (χ1) is 15.7. The van der Waals surface area contributed by atoms with Gasteiger partial charge in [0, 0.05) is 54.8 Å². The predicted molar refractivity (Wildman–Crippen MR) is 130 cm³/mol. The number of amides is 1. The number of nitrogens with one attached hydrogen (secondary N) is 1. The summed E-state index contributed by atoms with van der Waals surface area (Å²) in [5.74, 6) is -0.0710. The molecule has 0 aliphatic carbocycles. The minimum atomic E-state index is -3.25. The van der Waals surface area contributed by atoms with Gasteiger partial charge in [-0.15, -0.1) is 11.3 Å². The molecule has 0 spiro atoms. The van der Waals surface area contributed by atoms with Crippen molar-refractivity contribution in [3.05, 3.63) is 65.2 Å². The second-order valence-electron chi connectivity index (χ2n) is 7.84. The SMILES string of the molecule is CC(=O)c1ccc(N2CCN(C(=O)c3csc(Nc4ccc(S(C)(=O)=O)cc4)n3)CC2)cc1. The molecule has 10 heteroatoms. The lowest BCUT2D eigenvalue weighted by atomic mass is 10.1. The number of hydrogen-bond acceptors (Lipinski definition) is 8. The zero-order valence-corrected chi connectivity index (χ0v) is 19.9. The van der Waals surface area contributed by atoms with Crippen molar-refractivity contribution in [2.45, 2.75) is 11.8 Å². The molecule has 0 bridgehead atoms. The minimum absolute atomic E-state index is 0.0417. The lowest BCUT2D eigenvalue weighted by molar-refractivity contribution is 0.0741. The summed E-state index contributed by atoms with van der Waals surface area (Å²) in [4.78, 5) is 33.0. The van der Waals surface area contributed by atoms with E-state index in [-0.39, 0.29) is 16.6 Å².